The van der Waals surface area contributed by atoms with Crippen LogP contribution in [0.25, 0.3) is 0 Å². The predicted molar refractivity (Wildman–Crippen MR) is 67.2 cm³/mol. The molecule has 0 aromatic heterocycles. The van der Waals surface area contributed by atoms with Gasteiger partial charge in [-0.1, -0.05) is 46.4 Å². The fourth-order valence-corrected chi connectivity index (χ4v) is 4.96. The van der Waals surface area contributed by atoms with Crippen molar-refractivity contribution >= 4 is 69.9 Å². The predicted octanol–water partition coefficient (Wildman–Crippen LogP) is 4.80. The minimum absolute atomic E-state index is 0.358. The smallest absolute Gasteiger partial charge is 0.135 e. The van der Waals surface area contributed by atoms with Gasteiger partial charge in [0.2, 0.25) is 0 Å². The Morgan fingerprint density at radius 1 is 0.846 bits per heavy atom. The number of hydrogen-bond acceptors (Lipinski definition) is 2. The van der Waals surface area contributed by atoms with Crippen LogP contribution in [0.5, 0.6) is 0 Å². The lowest BCUT2D eigenvalue weighted by Gasteiger charge is -2.25. The second-order valence-corrected chi connectivity index (χ2v) is 6.09. The molecule has 0 saturated carbocycles. The van der Waals surface area contributed by atoms with Crippen molar-refractivity contribution in [3.63, 3.8) is 0 Å². The third kappa shape index (κ3) is 1.75. The summed E-state index contributed by atoms with van der Waals surface area (Å²) >= 11 is 27.0. The van der Waals surface area contributed by atoms with Crippen LogP contribution >= 0.6 is 69.9 Å². The van der Waals surface area contributed by atoms with E-state index in [0.29, 0.717) is 20.1 Å². The molecule has 6 heteroatoms. The molecule has 0 saturated heterocycles. The first-order chi connectivity index (χ1) is 6.01. The van der Waals surface area contributed by atoms with Crippen LogP contribution in [-0.2, 0) is 0 Å². The van der Waals surface area contributed by atoms with Gasteiger partial charge in [0, 0.05) is 0 Å². The monoisotopic (exact) mass is 294 g/mol. The Labute approximate surface area is 106 Å². The molecule has 0 aromatic carbocycles. The average molecular weight is 296 g/mol. The molecule has 0 radical (unpaired) electrons. The molecule has 0 aromatic rings. The number of allylic oxidation sites excluding steroid dienone is 2. The van der Waals surface area contributed by atoms with Crippen molar-refractivity contribution in [2.75, 3.05) is 12.5 Å². The van der Waals surface area contributed by atoms with Crippen LogP contribution in [-0.4, -0.2) is 16.6 Å². The molecule has 0 aliphatic heterocycles. The average Bonchev–Trinajstić information content (AvgIpc) is 2.31. The first kappa shape index (κ1) is 12.4. The maximum atomic E-state index is 6.07. The lowest BCUT2D eigenvalue weighted by atomic mass is 10.4. The molecule has 1 aliphatic carbocycles. The molecule has 0 unspecified atom stereocenters. The van der Waals surface area contributed by atoms with Crippen LogP contribution < -0.4 is 0 Å². The van der Waals surface area contributed by atoms with Gasteiger partial charge in [0.1, 0.15) is 4.08 Å². The zero-order chi connectivity index (χ0) is 10.2. The molecule has 0 N–H and O–H groups in total. The molecule has 1 rings (SSSR count). The zero-order valence-electron chi connectivity index (χ0n) is 6.83. The Hall–Kier alpha value is 1.34. The van der Waals surface area contributed by atoms with E-state index in [-0.39, 0.29) is 0 Å². The van der Waals surface area contributed by atoms with Gasteiger partial charge in [0.05, 0.1) is 20.1 Å². The topological polar surface area (TPSA) is 0 Å². The van der Waals surface area contributed by atoms with Crippen molar-refractivity contribution < 1.29 is 0 Å². The van der Waals surface area contributed by atoms with Crippen molar-refractivity contribution in [1.82, 2.24) is 0 Å². The molecule has 0 nitrogen and oxygen atoms in total. The number of thioether (sulfide) groups is 2. The van der Waals surface area contributed by atoms with Crippen LogP contribution in [0.2, 0.25) is 0 Å². The lowest BCUT2D eigenvalue weighted by molar-refractivity contribution is 1.29. The highest BCUT2D eigenvalue weighted by Gasteiger charge is 2.44. The van der Waals surface area contributed by atoms with Crippen LogP contribution in [0.1, 0.15) is 0 Å². The van der Waals surface area contributed by atoms with E-state index in [1.165, 1.54) is 23.5 Å². The van der Waals surface area contributed by atoms with Gasteiger partial charge < -0.3 is 0 Å². The van der Waals surface area contributed by atoms with Gasteiger partial charge in [0.25, 0.3) is 0 Å². The molecule has 13 heavy (non-hydrogen) atoms. The van der Waals surface area contributed by atoms with Gasteiger partial charge >= 0.3 is 0 Å². The second kappa shape index (κ2) is 4.46. The minimum atomic E-state index is -0.503. The second-order valence-electron chi connectivity index (χ2n) is 2.28. The van der Waals surface area contributed by atoms with E-state index >= 15 is 0 Å². The van der Waals surface area contributed by atoms with E-state index in [1.54, 1.807) is 0 Å². The van der Waals surface area contributed by atoms with Gasteiger partial charge in [-0.3, -0.25) is 0 Å². The Kier molecular flexibility index (Phi) is 4.26. The highest BCUT2D eigenvalue weighted by atomic mass is 35.5. The molecule has 0 amide bonds. The van der Waals surface area contributed by atoms with Crippen molar-refractivity contribution in [1.29, 1.82) is 0 Å². The summed E-state index contributed by atoms with van der Waals surface area (Å²) in [5.41, 5.74) is 0. The van der Waals surface area contributed by atoms with Gasteiger partial charge in [-0.15, -0.1) is 23.5 Å². The Morgan fingerprint density at radius 2 is 1.15 bits per heavy atom. The fraction of sp³-hybridized carbons (Fsp3) is 0.429. The van der Waals surface area contributed by atoms with Crippen molar-refractivity contribution in [2.45, 2.75) is 4.08 Å². The maximum Gasteiger partial charge on any atom is 0.135 e. The Morgan fingerprint density at radius 3 is 1.31 bits per heavy atom. The molecule has 0 atom stereocenters. The molecular formula is C7H6Cl4S2. The molecule has 74 valence electrons. The molecule has 0 fully saturated rings. The lowest BCUT2D eigenvalue weighted by Crippen LogP contribution is -2.17. The van der Waals surface area contributed by atoms with Crippen molar-refractivity contribution in [3.05, 3.63) is 20.1 Å². The van der Waals surface area contributed by atoms with Crippen molar-refractivity contribution in [2.24, 2.45) is 0 Å². The normalized spacial score (nSPS) is 21.7. The summed E-state index contributed by atoms with van der Waals surface area (Å²) in [6, 6.07) is 0. The summed E-state index contributed by atoms with van der Waals surface area (Å²) in [4.78, 5) is 0. The fourth-order valence-electron chi connectivity index (χ4n) is 1.02. The summed E-state index contributed by atoms with van der Waals surface area (Å²) in [6.07, 6.45) is 3.84. The van der Waals surface area contributed by atoms with Gasteiger partial charge in [0.15, 0.2) is 0 Å². The number of rotatable bonds is 2. The van der Waals surface area contributed by atoms with Crippen LogP contribution in [0.4, 0.5) is 0 Å². The summed E-state index contributed by atoms with van der Waals surface area (Å²) in [7, 11) is 0. The third-order valence-electron chi connectivity index (χ3n) is 1.73. The quantitative estimate of drug-likeness (QED) is 0.671. The zero-order valence-corrected chi connectivity index (χ0v) is 11.5. The van der Waals surface area contributed by atoms with E-state index in [9.17, 15) is 0 Å². The first-order valence-electron chi connectivity index (χ1n) is 3.23. The van der Waals surface area contributed by atoms with Crippen molar-refractivity contribution in [3.8, 4) is 0 Å². The van der Waals surface area contributed by atoms with Crippen LogP contribution in [0.3, 0.4) is 0 Å². The molecule has 1 aliphatic rings. The Balaban J connectivity index is 3.28. The van der Waals surface area contributed by atoms with Gasteiger partial charge in [-0.25, -0.2) is 0 Å². The summed E-state index contributed by atoms with van der Waals surface area (Å²) in [6.45, 7) is 0. The molecule has 0 bridgehead atoms. The molecular weight excluding hydrogens is 290 g/mol. The first-order valence-corrected chi connectivity index (χ1v) is 7.19. The summed E-state index contributed by atoms with van der Waals surface area (Å²) < 4.78 is -0.503. The highest BCUT2D eigenvalue weighted by molar-refractivity contribution is 8.18. The Bertz CT molecular complexity index is 265. The van der Waals surface area contributed by atoms with Gasteiger partial charge in [-0.05, 0) is 12.5 Å². The van der Waals surface area contributed by atoms with E-state index < -0.39 is 4.08 Å². The number of halogens is 4. The number of hydrogen-bond donors (Lipinski definition) is 0. The third-order valence-corrected chi connectivity index (χ3v) is 7.14. The standard InChI is InChI=1S/C7H6Cl4S2/c1-12-7(13-2)5(10)3(8)4(9)6(7)11/h1-2H3. The molecule has 0 spiro atoms. The van der Waals surface area contributed by atoms with Crippen LogP contribution in [0, 0.1) is 0 Å². The highest BCUT2D eigenvalue weighted by Crippen LogP contribution is 2.58. The van der Waals surface area contributed by atoms with Gasteiger partial charge in [-0.2, -0.15) is 0 Å². The SMILES string of the molecule is CSC1(SC)C(Cl)=C(Cl)C(Cl)=C1Cl. The largest absolute Gasteiger partial charge is 0.136 e. The summed E-state index contributed by atoms with van der Waals surface area (Å²) in [5, 5.41) is 1.72. The van der Waals surface area contributed by atoms with E-state index in [2.05, 4.69) is 0 Å². The van der Waals surface area contributed by atoms with E-state index in [4.69, 9.17) is 46.4 Å². The summed E-state index contributed by atoms with van der Waals surface area (Å²) in [5.74, 6) is 0. The van der Waals surface area contributed by atoms with E-state index in [1.807, 2.05) is 12.5 Å². The van der Waals surface area contributed by atoms with E-state index in [0.717, 1.165) is 0 Å². The maximum absolute atomic E-state index is 6.07. The minimum Gasteiger partial charge on any atom is -0.136 e. The van der Waals surface area contributed by atoms with Crippen LogP contribution in [0.15, 0.2) is 20.1 Å². The molecule has 0 heterocycles.